The monoisotopic (exact) mass is 301 g/mol. The van der Waals surface area contributed by atoms with E-state index in [1.54, 1.807) is 30.3 Å². The van der Waals surface area contributed by atoms with Crippen molar-refractivity contribution in [3.63, 3.8) is 0 Å². The number of benzene rings is 2. The van der Waals surface area contributed by atoms with Crippen molar-refractivity contribution in [1.82, 2.24) is 10.1 Å². The lowest BCUT2D eigenvalue weighted by atomic mass is 10.1. The fourth-order valence-electron chi connectivity index (χ4n) is 1.94. The molecule has 21 heavy (non-hydrogen) atoms. The highest BCUT2D eigenvalue weighted by molar-refractivity contribution is 6.33. The van der Waals surface area contributed by atoms with E-state index in [0.29, 0.717) is 34.4 Å². The van der Waals surface area contributed by atoms with Gasteiger partial charge in [-0.2, -0.15) is 4.98 Å². The van der Waals surface area contributed by atoms with Crippen LogP contribution in [0.2, 0.25) is 5.02 Å². The number of phenolic OH excluding ortho intramolecular Hbond substituents is 1. The Hall–Kier alpha value is -2.53. The SMILES string of the molecule is Nc1ccc(-c2nc(Cc3ccc(O)cc3)no2)c(Cl)c1. The number of aromatic nitrogens is 2. The maximum atomic E-state index is 9.25. The van der Waals surface area contributed by atoms with Gasteiger partial charge in [-0.3, -0.25) is 0 Å². The molecule has 3 aromatic rings. The highest BCUT2D eigenvalue weighted by Gasteiger charge is 2.12. The molecule has 0 amide bonds. The molecule has 2 aromatic carbocycles. The number of nitrogens with zero attached hydrogens (tertiary/aromatic N) is 2. The van der Waals surface area contributed by atoms with Gasteiger partial charge in [0, 0.05) is 12.1 Å². The standard InChI is InChI=1S/C15H12ClN3O2/c16-13-8-10(17)3-6-12(13)15-18-14(19-21-15)7-9-1-4-11(20)5-2-9/h1-6,8,20H,7,17H2. The minimum atomic E-state index is 0.223. The fourth-order valence-corrected chi connectivity index (χ4v) is 2.21. The van der Waals surface area contributed by atoms with Crippen molar-refractivity contribution in [1.29, 1.82) is 0 Å². The van der Waals surface area contributed by atoms with Gasteiger partial charge >= 0.3 is 0 Å². The van der Waals surface area contributed by atoms with Crippen molar-refractivity contribution >= 4 is 17.3 Å². The largest absolute Gasteiger partial charge is 0.508 e. The Kier molecular flexibility index (Phi) is 3.50. The quantitative estimate of drug-likeness (QED) is 0.725. The molecule has 1 aromatic heterocycles. The molecule has 0 saturated carbocycles. The lowest BCUT2D eigenvalue weighted by Gasteiger charge is -1.99. The molecule has 106 valence electrons. The van der Waals surface area contributed by atoms with E-state index >= 15 is 0 Å². The molecule has 0 aliphatic carbocycles. The molecule has 0 bridgehead atoms. The van der Waals surface area contributed by atoms with Crippen LogP contribution in [-0.4, -0.2) is 15.2 Å². The first-order valence-corrected chi connectivity index (χ1v) is 6.65. The van der Waals surface area contributed by atoms with E-state index in [-0.39, 0.29) is 5.75 Å². The number of nitrogens with two attached hydrogens (primary N) is 1. The molecular weight excluding hydrogens is 290 g/mol. The molecular formula is C15H12ClN3O2. The van der Waals surface area contributed by atoms with E-state index < -0.39 is 0 Å². The summed E-state index contributed by atoms with van der Waals surface area (Å²) in [6, 6.07) is 12.0. The number of halogens is 1. The van der Waals surface area contributed by atoms with Crippen LogP contribution in [0.4, 0.5) is 5.69 Å². The normalized spacial score (nSPS) is 10.7. The van der Waals surface area contributed by atoms with Gasteiger partial charge in [-0.1, -0.05) is 28.9 Å². The molecule has 0 fully saturated rings. The van der Waals surface area contributed by atoms with Crippen LogP contribution < -0.4 is 5.73 Å². The second-order valence-electron chi connectivity index (χ2n) is 4.60. The molecule has 1 heterocycles. The van der Waals surface area contributed by atoms with Crippen LogP contribution >= 0.6 is 11.6 Å². The van der Waals surface area contributed by atoms with E-state index in [9.17, 15) is 5.11 Å². The first kappa shape index (κ1) is 13.5. The minimum Gasteiger partial charge on any atom is -0.508 e. The van der Waals surface area contributed by atoms with Gasteiger partial charge < -0.3 is 15.4 Å². The molecule has 0 aliphatic rings. The van der Waals surface area contributed by atoms with Crippen LogP contribution in [0.5, 0.6) is 5.75 Å². The Balaban J connectivity index is 1.84. The molecule has 0 spiro atoms. The zero-order chi connectivity index (χ0) is 14.8. The summed E-state index contributed by atoms with van der Waals surface area (Å²) in [7, 11) is 0. The molecule has 0 radical (unpaired) electrons. The highest BCUT2D eigenvalue weighted by Crippen LogP contribution is 2.28. The first-order chi connectivity index (χ1) is 10.1. The van der Waals surface area contributed by atoms with Crippen LogP contribution in [-0.2, 0) is 6.42 Å². The van der Waals surface area contributed by atoms with E-state index in [2.05, 4.69) is 10.1 Å². The first-order valence-electron chi connectivity index (χ1n) is 6.28. The van der Waals surface area contributed by atoms with Crippen LogP contribution in [0.1, 0.15) is 11.4 Å². The van der Waals surface area contributed by atoms with Crippen molar-refractivity contribution < 1.29 is 9.63 Å². The van der Waals surface area contributed by atoms with Gasteiger partial charge in [-0.05, 0) is 35.9 Å². The smallest absolute Gasteiger partial charge is 0.259 e. The van der Waals surface area contributed by atoms with Crippen molar-refractivity contribution in [2.75, 3.05) is 5.73 Å². The maximum absolute atomic E-state index is 9.25. The summed E-state index contributed by atoms with van der Waals surface area (Å²) in [4.78, 5) is 4.32. The molecule has 0 aliphatic heterocycles. The Morgan fingerprint density at radius 1 is 1.14 bits per heavy atom. The molecule has 5 nitrogen and oxygen atoms in total. The van der Waals surface area contributed by atoms with E-state index in [4.69, 9.17) is 21.9 Å². The topological polar surface area (TPSA) is 85.2 Å². The van der Waals surface area contributed by atoms with Gasteiger partial charge in [0.2, 0.25) is 0 Å². The molecule has 0 saturated heterocycles. The summed E-state index contributed by atoms with van der Waals surface area (Å²) in [6.45, 7) is 0. The number of hydrogen-bond donors (Lipinski definition) is 2. The Labute approximate surface area is 126 Å². The fraction of sp³-hybridized carbons (Fsp3) is 0.0667. The second kappa shape index (κ2) is 5.46. The number of nitrogen functional groups attached to an aromatic ring is 1. The van der Waals surface area contributed by atoms with Crippen LogP contribution in [0.15, 0.2) is 47.0 Å². The Morgan fingerprint density at radius 2 is 1.90 bits per heavy atom. The summed E-state index contributed by atoms with van der Waals surface area (Å²) in [5.41, 5.74) is 7.85. The Morgan fingerprint density at radius 3 is 2.62 bits per heavy atom. The van der Waals surface area contributed by atoms with E-state index in [1.165, 1.54) is 0 Å². The number of hydrogen-bond acceptors (Lipinski definition) is 5. The summed E-state index contributed by atoms with van der Waals surface area (Å²) in [5, 5.41) is 13.7. The molecule has 0 unspecified atom stereocenters. The van der Waals surface area contributed by atoms with E-state index in [0.717, 1.165) is 5.56 Å². The van der Waals surface area contributed by atoms with Gasteiger partial charge in [0.1, 0.15) is 5.75 Å². The summed E-state index contributed by atoms with van der Waals surface area (Å²) < 4.78 is 5.23. The predicted octanol–water partition coefficient (Wildman–Crippen LogP) is 3.27. The van der Waals surface area contributed by atoms with Gasteiger partial charge in [-0.15, -0.1) is 0 Å². The van der Waals surface area contributed by atoms with Crippen molar-refractivity contribution in [3.05, 3.63) is 58.9 Å². The zero-order valence-electron chi connectivity index (χ0n) is 11.0. The minimum absolute atomic E-state index is 0.223. The Bertz CT molecular complexity index is 769. The van der Waals surface area contributed by atoms with Crippen molar-refractivity contribution in [2.45, 2.75) is 6.42 Å². The van der Waals surface area contributed by atoms with Gasteiger partial charge in [0.15, 0.2) is 5.82 Å². The van der Waals surface area contributed by atoms with E-state index in [1.807, 2.05) is 12.1 Å². The second-order valence-corrected chi connectivity index (χ2v) is 5.01. The number of phenols is 1. The van der Waals surface area contributed by atoms with Gasteiger partial charge in [-0.25, -0.2) is 0 Å². The average molecular weight is 302 g/mol. The molecule has 3 rings (SSSR count). The number of rotatable bonds is 3. The highest BCUT2D eigenvalue weighted by atomic mass is 35.5. The maximum Gasteiger partial charge on any atom is 0.259 e. The van der Waals surface area contributed by atoms with Crippen molar-refractivity contribution in [2.24, 2.45) is 0 Å². The van der Waals surface area contributed by atoms with Gasteiger partial charge in [0.25, 0.3) is 5.89 Å². The third-order valence-corrected chi connectivity index (χ3v) is 3.30. The molecule has 0 atom stereocenters. The molecule has 6 heteroatoms. The number of anilines is 1. The van der Waals surface area contributed by atoms with Crippen LogP contribution in [0.3, 0.4) is 0 Å². The van der Waals surface area contributed by atoms with Gasteiger partial charge in [0.05, 0.1) is 10.6 Å². The third-order valence-electron chi connectivity index (χ3n) is 2.99. The van der Waals surface area contributed by atoms with Crippen LogP contribution in [0.25, 0.3) is 11.5 Å². The zero-order valence-corrected chi connectivity index (χ0v) is 11.7. The lowest BCUT2D eigenvalue weighted by molar-refractivity contribution is 0.424. The summed E-state index contributed by atoms with van der Waals surface area (Å²) in [6.07, 6.45) is 0.510. The number of aromatic hydroxyl groups is 1. The summed E-state index contributed by atoms with van der Waals surface area (Å²) >= 11 is 6.12. The molecule has 3 N–H and O–H groups in total. The lowest BCUT2D eigenvalue weighted by Crippen LogP contribution is -1.90. The predicted molar refractivity (Wildman–Crippen MR) is 80.1 cm³/mol. The summed E-state index contributed by atoms with van der Waals surface area (Å²) in [5.74, 6) is 1.12. The third kappa shape index (κ3) is 2.98. The van der Waals surface area contributed by atoms with Crippen molar-refractivity contribution in [3.8, 4) is 17.2 Å². The van der Waals surface area contributed by atoms with Crippen LogP contribution in [0, 0.1) is 0 Å². The average Bonchev–Trinajstić information content (AvgIpc) is 2.90.